The minimum atomic E-state index is 0.571. The van der Waals surface area contributed by atoms with Crippen LogP contribution in [0.15, 0.2) is 24.3 Å². The maximum absolute atomic E-state index is 3.70. The molecule has 0 unspecified atom stereocenters. The van der Waals surface area contributed by atoms with E-state index < -0.39 is 0 Å². The largest absolute Gasteiger partial charge is 0.310 e. The van der Waals surface area contributed by atoms with Crippen LogP contribution < -0.4 is 5.32 Å². The minimum Gasteiger partial charge on any atom is -0.310 e. The molecule has 0 amide bonds. The number of nitrogens with one attached hydrogen (secondary N) is 1. The van der Waals surface area contributed by atoms with Gasteiger partial charge in [0.25, 0.3) is 0 Å². The first-order valence-electron chi connectivity index (χ1n) is 6.84. The van der Waals surface area contributed by atoms with Crippen LogP contribution in [0, 0.1) is 12.3 Å². The zero-order valence-electron chi connectivity index (χ0n) is 11.4. The van der Waals surface area contributed by atoms with Crippen molar-refractivity contribution in [1.29, 1.82) is 0 Å². The van der Waals surface area contributed by atoms with Gasteiger partial charge in [0.15, 0.2) is 0 Å². The van der Waals surface area contributed by atoms with Gasteiger partial charge in [-0.2, -0.15) is 0 Å². The zero-order chi connectivity index (χ0) is 12.3. The second-order valence-electron chi connectivity index (χ2n) is 6.31. The number of hydrogen-bond acceptors (Lipinski definition) is 1. The molecule has 94 valence electrons. The first-order chi connectivity index (χ1) is 8.05. The second-order valence-corrected chi connectivity index (χ2v) is 6.31. The molecule has 0 heterocycles. The molecule has 1 nitrogen and oxygen atoms in total. The maximum Gasteiger partial charge on any atom is 0.0208 e. The first-order valence-corrected chi connectivity index (χ1v) is 6.84. The summed E-state index contributed by atoms with van der Waals surface area (Å²) in [5.74, 6) is 0. The predicted octanol–water partition coefficient (Wildman–Crippen LogP) is 4.05. The van der Waals surface area contributed by atoms with E-state index in [1.54, 1.807) is 0 Å². The molecule has 1 aromatic rings. The lowest BCUT2D eigenvalue weighted by Gasteiger charge is -2.34. The molecule has 1 aliphatic rings. The van der Waals surface area contributed by atoms with Crippen LogP contribution in [0.5, 0.6) is 0 Å². The van der Waals surface area contributed by atoms with Crippen LogP contribution in [0.1, 0.15) is 50.7 Å². The van der Waals surface area contributed by atoms with Gasteiger partial charge in [0.05, 0.1) is 0 Å². The Hall–Kier alpha value is -0.820. The Balaban J connectivity index is 1.80. The van der Waals surface area contributed by atoms with Crippen molar-refractivity contribution in [2.75, 3.05) is 0 Å². The zero-order valence-corrected chi connectivity index (χ0v) is 11.4. The summed E-state index contributed by atoms with van der Waals surface area (Å²) in [5.41, 5.74) is 3.34. The summed E-state index contributed by atoms with van der Waals surface area (Å²) in [6.07, 6.45) is 5.38. The summed E-state index contributed by atoms with van der Waals surface area (Å²) in [6, 6.07) is 9.53. The predicted molar refractivity (Wildman–Crippen MR) is 74.1 cm³/mol. The van der Waals surface area contributed by atoms with Crippen molar-refractivity contribution in [3.8, 4) is 0 Å². The van der Waals surface area contributed by atoms with E-state index in [-0.39, 0.29) is 0 Å². The normalized spacial score (nSPS) is 20.4. The van der Waals surface area contributed by atoms with E-state index in [1.165, 1.54) is 36.8 Å². The van der Waals surface area contributed by atoms with Crippen molar-refractivity contribution >= 4 is 0 Å². The summed E-state index contributed by atoms with van der Waals surface area (Å²) >= 11 is 0. The highest BCUT2D eigenvalue weighted by molar-refractivity contribution is 5.22. The third-order valence-corrected chi connectivity index (χ3v) is 4.02. The topological polar surface area (TPSA) is 12.0 Å². The molecule has 1 heteroatoms. The average Bonchev–Trinajstić information content (AvgIpc) is 2.28. The van der Waals surface area contributed by atoms with Crippen molar-refractivity contribution in [3.63, 3.8) is 0 Å². The van der Waals surface area contributed by atoms with Gasteiger partial charge in [0, 0.05) is 12.6 Å². The number of aryl methyl sites for hydroxylation is 1. The van der Waals surface area contributed by atoms with Crippen molar-refractivity contribution in [2.24, 2.45) is 5.41 Å². The van der Waals surface area contributed by atoms with Gasteiger partial charge in [-0.25, -0.2) is 0 Å². The number of benzene rings is 1. The van der Waals surface area contributed by atoms with Gasteiger partial charge in [-0.05, 0) is 43.6 Å². The molecule has 1 aromatic carbocycles. The Morgan fingerprint density at radius 1 is 1.24 bits per heavy atom. The van der Waals surface area contributed by atoms with Crippen LogP contribution in [0.3, 0.4) is 0 Å². The van der Waals surface area contributed by atoms with Crippen LogP contribution in [-0.2, 0) is 6.54 Å². The van der Waals surface area contributed by atoms with Crippen LogP contribution in [0.25, 0.3) is 0 Å². The van der Waals surface area contributed by atoms with Gasteiger partial charge >= 0.3 is 0 Å². The molecule has 0 bridgehead atoms. The summed E-state index contributed by atoms with van der Waals surface area (Å²) in [6.45, 7) is 7.97. The van der Waals surface area contributed by atoms with Gasteiger partial charge < -0.3 is 5.32 Å². The molecule has 1 saturated carbocycles. The maximum atomic E-state index is 3.70. The molecule has 17 heavy (non-hydrogen) atoms. The third-order valence-electron chi connectivity index (χ3n) is 4.02. The van der Waals surface area contributed by atoms with Gasteiger partial charge in [0.1, 0.15) is 0 Å². The molecule has 0 saturated heterocycles. The average molecular weight is 231 g/mol. The fourth-order valence-corrected chi connectivity index (χ4v) is 2.69. The van der Waals surface area contributed by atoms with Crippen molar-refractivity contribution in [3.05, 3.63) is 35.4 Å². The van der Waals surface area contributed by atoms with E-state index in [4.69, 9.17) is 0 Å². The van der Waals surface area contributed by atoms with Crippen molar-refractivity contribution in [1.82, 2.24) is 5.32 Å². The Labute approximate surface area is 106 Å². The molecular weight excluding hydrogens is 206 g/mol. The van der Waals surface area contributed by atoms with Gasteiger partial charge in [-0.15, -0.1) is 0 Å². The Morgan fingerprint density at radius 3 is 2.59 bits per heavy atom. The molecule has 0 spiro atoms. The van der Waals surface area contributed by atoms with Gasteiger partial charge in [-0.3, -0.25) is 0 Å². The quantitative estimate of drug-likeness (QED) is 0.827. The lowest BCUT2D eigenvalue weighted by Crippen LogP contribution is -2.35. The van der Waals surface area contributed by atoms with Crippen molar-refractivity contribution in [2.45, 2.75) is 59.0 Å². The van der Waals surface area contributed by atoms with Crippen LogP contribution in [0.2, 0.25) is 0 Å². The fraction of sp³-hybridized carbons (Fsp3) is 0.625. The summed E-state index contributed by atoms with van der Waals surface area (Å²) in [5, 5.41) is 3.70. The summed E-state index contributed by atoms with van der Waals surface area (Å²) in [7, 11) is 0. The second kappa shape index (κ2) is 5.22. The highest BCUT2D eigenvalue weighted by atomic mass is 14.9. The number of hydrogen-bond donors (Lipinski definition) is 1. The molecule has 1 fully saturated rings. The highest BCUT2D eigenvalue weighted by Crippen LogP contribution is 2.35. The van der Waals surface area contributed by atoms with Gasteiger partial charge in [0.2, 0.25) is 0 Å². The molecule has 1 N–H and O–H groups in total. The Bertz CT molecular complexity index is 358. The molecule has 0 aliphatic heterocycles. The Kier molecular flexibility index (Phi) is 3.88. The Morgan fingerprint density at radius 2 is 1.94 bits per heavy atom. The summed E-state index contributed by atoms with van der Waals surface area (Å²) < 4.78 is 0. The third kappa shape index (κ3) is 3.85. The summed E-state index contributed by atoms with van der Waals surface area (Å²) in [4.78, 5) is 0. The first kappa shape index (κ1) is 12.6. The van der Waals surface area contributed by atoms with Crippen molar-refractivity contribution < 1.29 is 0 Å². The molecule has 1 aliphatic carbocycles. The lowest BCUT2D eigenvalue weighted by molar-refractivity contribution is 0.206. The van der Waals surface area contributed by atoms with Gasteiger partial charge in [-0.1, -0.05) is 43.7 Å². The van der Waals surface area contributed by atoms with Crippen LogP contribution in [-0.4, -0.2) is 6.04 Å². The van der Waals surface area contributed by atoms with E-state index in [1.807, 2.05) is 0 Å². The smallest absolute Gasteiger partial charge is 0.0208 e. The molecule has 0 atom stereocenters. The van der Waals surface area contributed by atoms with E-state index in [0.29, 0.717) is 5.41 Å². The minimum absolute atomic E-state index is 0.571. The molecule has 2 rings (SSSR count). The standard InChI is InChI=1S/C16H25N/c1-13-5-4-6-14(11-13)12-17-15-7-9-16(2,3)10-8-15/h4-6,11,15,17H,7-10,12H2,1-3H3. The highest BCUT2D eigenvalue weighted by Gasteiger charge is 2.26. The number of rotatable bonds is 3. The fourth-order valence-electron chi connectivity index (χ4n) is 2.69. The molecule has 0 radical (unpaired) electrons. The van der Waals surface area contributed by atoms with Crippen LogP contribution >= 0.6 is 0 Å². The van der Waals surface area contributed by atoms with Crippen LogP contribution in [0.4, 0.5) is 0 Å². The SMILES string of the molecule is Cc1cccc(CNC2CCC(C)(C)CC2)c1. The monoisotopic (exact) mass is 231 g/mol. The molecular formula is C16H25N. The van der Waals surface area contributed by atoms with E-state index >= 15 is 0 Å². The lowest BCUT2D eigenvalue weighted by atomic mass is 9.75. The van der Waals surface area contributed by atoms with E-state index in [9.17, 15) is 0 Å². The van der Waals surface area contributed by atoms with E-state index in [0.717, 1.165) is 12.6 Å². The molecule has 0 aromatic heterocycles. The van der Waals surface area contributed by atoms with E-state index in [2.05, 4.69) is 50.4 Å².